The number of para-hydroxylation sites is 2. The highest BCUT2D eigenvalue weighted by molar-refractivity contribution is 5.79. The van der Waals surface area contributed by atoms with E-state index in [0.29, 0.717) is 5.82 Å². The number of hydrogen-bond acceptors (Lipinski definition) is 6. The van der Waals surface area contributed by atoms with E-state index in [1.807, 2.05) is 71.3 Å². The first-order chi connectivity index (χ1) is 20.2. The van der Waals surface area contributed by atoms with Crippen LogP contribution in [0.1, 0.15) is 24.4 Å². The summed E-state index contributed by atoms with van der Waals surface area (Å²) in [5.41, 5.74) is 7.46. The lowest BCUT2D eigenvalue weighted by atomic mass is 10.0. The highest BCUT2D eigenvalue weighted by Crippen LogP contribution is 2.31. The number of H-pyrrole nitrogens is 1. The normalized spacial score (nSPS) is 14.4. The molecular formula is C33H29N7O. The van der Waals surface area contributed by atoms with E-state index in [-0.39, 0.29) is 11.7 Å². The topological polar surface area (TPSA) is 92.6 Å². The minimum absolute atomic E-state index is 0.0130. The van der Waals surface area contributed by atoms with Gasteiger partial charge in [0.25, 0.3) is 0 Å². The maximum absolute atomic E-state index is 12.7. The SMILES string of the molecule is O=c1[nH]c2ccccc2n1C1CCN(Cc2ccc(-c3nc(-c4cccnc4)nnc3-c3ccccc3)cc2)CC1. The Morgan fingerprint density at radius 1 is 0.756 bits per heavy atom. The number of nitrogens with one attached hydrogen (secondary N) is 1. The standard InChI is InChI=1S/C33H29N7O/c41-33-35-28-10-4-5-11-29(28)40(33)27-16-19-39(20-17-27)22-23-12-14-25(15-13-23)30-31(24-7-2-1-3-8-24)37-38-32(36-30)26-9-6-18-34-21-26/h1-15,18,21,27H,16-17,19-20,22H2,(H,35,41). The van der Waals surface area contributed by atoms with Crippen LogP contribution in [0.15, 0.2) is 108 Å². The summed E-state index contributed by atoms with van der Waals surface area (Å²) in [5, 5.41) is 9.02. The molecule has 8 nitrogen and oxygen atoms in total. The number of aromatic nitrogens is 6. The maximum Gasteiger partial charge on any atom is 0.326 e. The fourth-order valence-corrected chi connectivity index (χ4v) is 5.73. The lowest BCUT2D eigenvalue weighted by Crippen LogP contribution is -2.36. The molecule has 1 aliphatic heterocycles. The molecule has 8 heteroatoms. The summed E-state index contributed by atoms with van der Waals surface area (Å²) in [6.07, 6.45) is 5.39. The van der Waals surface area contributed by atoms with E-state index in [1.165, 1.54) is 5.56 Å². The molecule has 0 unspecified atom stereocenters. The number of rotatable bonds is 6. The summed E-state index contributed by atoms with van der Waals surface area (Å²) in [7, 11) is 0. The number of fused-ring (bicyclic) bond motifs is 1. The van der Waals surface area contributed by atoms with Crippen LogP contribution in [0.5, 0.6) is 0 Å². The lowest BCUT2D eigenvalue weighted by Gasteiger charge is -2.32. The van der Waals surface area contributed by atoms with Crippen molar-refractivity contribution in [2.75, 3.05) is 13.1 Å². The van der Waals surface area contributed by atoms with Gasteiger partial charge in [-0.3, -0.25) is 14.5 Å². The first kappa shape index (κ1) is 25.0. The Balaban J connectivity index is 1.10. The monoisotopic (exact) mass is 539 g/mol. The van der Waals surface area contributed by atoms with E-state index in [0.717, 1.165) is 71.6 Å². The van der Waals surface area contributed by atoms with Gasteiger partial charge in [-0.1, -0.05) is 66.7 Å². The Morgan fingerprint density at radius 2 is 1.49 bits per heavy atom. The predicted octanol–water partition coefficient (Wildman–Crippen LogP) is 5.75. The minimum Gasteiger partial charge on any atom is -0.306 e. The number of pyridine rings is 1. The molecule has 0 atom stereocenters. The molecule has 0 saturated carbocycles. The van der Waals surface area contributed by atoms with Crippen molar-refractivity contribution in [2.24, 2.45) is 0 Å². The van der Waals surface area contributed by atoms with Crippen LogP contribution in [0.25, 0.3) is 44.9 Å². The molecule has 3 aromatic carbocycles. The van der Waals surface area contributed by atoms with Crippen LogP contribution in [0, 0.1) is 0 Å². The molecule has 0 spiro atoms. The largest absolute Gasteiger partial charge is 0.326 e. The van der Waals surface area contributed by atoms with Gasteiger partial charge < -0.3 is 4.98 Å². The lowest BCUT2D eigenvalue weighted by molar-refractivity contribution is 0.180. The maximum atomic E-state index is 12.7. The van der Waals surface area contributed by atoms with Gasteiger partial charge in [-0.15, -0.1) is 10.2 Å². The molecule has 0 radical (unpaired) electrons. The number of piperidine rings is 1. The van der Waals surface area contributed by atoms with Crippen molar-refractivity contribution < 1.29 is 0 Å². The smallest absolute Gasteiger partial charge is 0.306 e. The van der Waals surface area contributed by atoms with E-state index < -0.39 is 0 Å². The molecule has 1 aliphatic rings. The molecule has 1 fully saturated rings. The molecule has 7 rings (SSSR count). The number of likely N-dealkylation sites (tertiary alicyclic amines) is 1. The van der Waals surface area contributed by atoms with Crippen LogP contribution >= 0.6 is 0 Å². The average Bonchev–Trinajstić information content (AvgIpc) is 3.38. The quantitative estimate of drug-likeness (QED) is 0.290. The zero-order valence-electron chi connectivity index (χ0n) is 22.5. The fraction of sp³-hybridized carbons (Fsp3) is 0.182. The van der Waals surface area contributed by atoms with Gasteiger partial charge in [0.1, 0.15) is 11.4 Å². The summed E-state index contributed by atoms with van der Waals surface area (Å²) >= 11 is 0. The van der Waals surface area contributed by atoms with Crippen molar-refractivity contribution in [3.63, 3.8) is 0 Å². The first-order valence-corrected chi connectivity index (χ1v) is 13.9. The summed E-state index contributed by atoms with van der Waals surface area (Å²) < 4.78 is 1.95. The van der Waals surface area contributed by atoms with Gasteiger partial charge in [-0.2, -0.15) is 0 Å². The third-order valence-corrected chi connectivity index (χ3v) is 7.83. The number of benzene rings is 3. The van der Waals surface area contributed by atoms with Crippen LogP contribution < -0.4 is 5.69 Å². The second-order valence-electron chi connectivity index (χ2n) is 10.5. The van der Waals surface area contributed by atoms with Crippen LogP contribution in [0.4, 0.5) is 0 Å². The molecule has 0 amide bonds. The molecule has 1 N–H and O–H groups in total. The fourth-order valence-electron chi connectivity index (χ4n) is 5.73. The molecule has 0 bridgehead atoms. The van der Waals surface area contributed by atoms with Crippen molar-refractivity contribution in [3.05, 3.63) is 119 Å². The van der Waals surface area contributed by atoms with Gasteiger partial charge in [0.05, 0.1) is 11.0 Å². The van der Waals surface area contributed by atoms with Crippen molar-refractivity contribution >= 4 is 11.0 Å². The van der Waals surface area contributed by atoms with Gasteiger partial charge in [0.2, 0.25) is 0 Å². The van der Waals surface area contributed by atoms with Crippen molar-refractivity contribution in [1.29, 1.82) is 0 Å². The zero-order valence-corrected chi connectivity index (χ0v) is 22.5. The van der Waals surface area contributed by atoms with E-state index in [2.05, 4.69) is 49.3 Å². The molecule has 0 aliphatic carbocycles. The second kappa shape index (κ2) is 10.9. The Kier molecular flexibility index (Phi) is 6.66. The van der Waals surface area contributed by atoms with Gasteiger partial charge >= 0.3 is 5.69 Å². The van der Waals surface area contributed by atoms with Crippen molar-refractivity contribution in [2.45, 2.75) is 25.4 Å². The molecule has 4 heterocycles. The van der Waals surface area contributed by atoms with Gasteiger partial charge in [-0.05, 0) is 42.7 Å². The van der Waals surface area contributed by atoms with Gasteiger partial charge in [0.15, 0.2) is 5.82 Å². The van der Waals surface area contributed by atoms with Crippen LogP contribution in [0.3, 0.4) is 0 Å². The molecule has 41 heavy (non-hydrogen) atoms. The van der Waals surface area contributed by atoms with Crippen molar-refractivity contribution in [1.82, 2.24) is 34.6 Å². The highest BCUT2D eigenvalue weighted by atomic mass is 16.1. The Hall–Kier alpha value is -4.95. The van der Waals surface area contributed by atoms with Crippen LogP contribution in [-0.2, 0) is 6.54 Å². The summed E-state index contributed by atoms with van der Waals surface area (Å²) in [4.78, 5) is 27.3. The van der Waals surface area contributed by atoms with E-state index in [9.17, 15) is 4.79 Å². The van der Waals surface area contributed by atoms with E-state index in [1.54, 1.807) is 12.4 Å². The minimum atomic E-state index is -0.0130. The number of hydrogen-bond donors (Lipinski definition) is 1. The number of imidazole rings is 1. The molecule has 202 valence electrons. The Bertz CT molecular complexity index is 1840. The summed E-state index contributed by atoms with van der Waals surface area (Å²) in [5.74, 6) is 0.550. The number of nitrogens with zero attached hydrogens (tertiary/aromatic N) is 6. The average molecular weight is 540 g/mol. The first-order valence-electron chi connectivity index (χ1n) is 13.9. The van der Waals surface area contributed by atoms with Gasteiger partial charge in [-0.25, -0.2) is 9.78 Å². The summed E-state index contributed by atoms with van der Waals surface area (Å²) in [6, 6.07) is 30.6. The van der Waals surface area contributed by atoms with Crippen LogP contribution in [-0.4, -0.2) is 47.7 Å². The zero-order chi connectivity index (χ0) is 27.6. The Labute approximate surface area is 237 Å². The highest BCUT2D eigenvalue weighted by Gasteiger charge is 2.23. The van der Waals surface area contributed by atoms with E-state index >= 15 is 0 Å². The van der Waals surface area contributed by atoms with Crippen LogP contribution in [0.2, 0.25) is 0 Å². The molecular weight excluding hydrogens is 510 g/mol. The summed E-state index contributed by atoms with van der Waals surface area (Å²) in [6.45, 7) is 2.76. The Morgan fingerprint density at radius 3 is 2.27 bits per heavy atom. The molecule has 6 aromatic rings. The number of aromatic amines is 1. The van der Waals surface area contributed by atoms with Gasteiger partial charge in [0, 0.05) is 54.8 Å². The third-order valence-electron chi connectivity index (χ3n) is 7.83. The second-order valence-corrected chi connectivity index (χ2v) is 10.5. The van der Waals surface area contributed by atoms with Crippen molar-refractivity contribution in [3.8, 4) is 33.9 Å². The third kappa shape index (κ3) is 5.05. The molecule has 1 saturated heterocycles. The molecule has 3 aromatic heterocycles. The van der Waals surface area contributed by atoms with E-state index in [4.69, 9.17) is 4.98 Å². The predicted molar refractivity (Wildman–Crippen MR) is 160 cm³/mol.